The zero-order chi connectivity index (χ0) is 9.36. The second kappa shape index (κ2) is 6.61. The minimum atomic E-state index is 0.643. The van der Waals surface area contributed by atoms with Crippen LogP contribution < -0.4 is 0 Å². The molecule has 0 radical (unpaired) electrons. The van der Waals surface area contributed by atoms with Crippen molar-refractivity contribution in [2.75, 3.05) is 6.61 Å². The van der Waals surface area contributed by atoms with Gasteiger partial charge in [-0.3, -0.25) is 4.98 Å². The Morgan fingerprint density at radius 2 is 2.23 bits per heavy atom. The highest BCUT2D eigenvalue weighted by Crippen LogP contribution is 1.99. The molecule has 0 saturated heterocycles. The average molecular weight is 179 g/mol. The van der Waals surface area contributed by atoms with Crippen LogP contribution in [0.15, 0.2) is 24.4 Å². The molecule has 0 aliphatic rings. The number of aromatic nitrogens is 1. The first-order valence-electron chi connectivity index (χ1n) is 4.91. The SMILES string of the molecule is CCCCCOCc1ccccn1. The molecule has 0 N–H and O–H groups in total. The molecular weight excluding hydrogens is 162 g/mol. The van der Waals surface area contributed by atoms with Crippen molar-refractivity contribution < 1.29 is 4.74 Å². The van der Waals surface area contributed by atoms with E-state index in [1.54, 1.807) is 6.20 Å². The molecule has 1 aromatic heterocycles. The minimum Gasteiger partial charge on any atom is -0.375 e. The van der Waals surface area contributed by atoms with Gasteiger partial charge in [-0.2, -0.15) is 0 Å². The van der Waals surface area contributed by atoms with Crippen LogP contribution in [0.4, 0.5) is 0 Å². The maximum Gasteiger partial charge on any atom is 0.0887 e. The van der Waals surface area contributed by atoms with Gasteiger partial charge in [0.25, 0.3) is 0 Å². The normalized spacial score (nSPS) is 10.2. The molecule has 1 heterocycles. The summed E-state index contributed by atoms with van der Waals surface area (Å²) >= 11 is 0. The van der Waals surface area contributed by atoms with E-state index in [9.17, 15) is 0 Å². The third-order valence-electron chi connectivity index (χ3n) is 1.87. The summed E-state index contributed by atoms with van der Waals surface area (Å²) < 4.78 is 5.46. The first-order valence-corrected chi connectivity index (χ1v) is 4.91. The van der Waals surface area contributed by atoms with Gasteiger partial charge in [0, 0.05) is 12.8 Å². The van der Waals surface area contributed by atoms with Crippen LogP contribution in [0.2, 0.25) is 0 Å². The molecule has 0 amide bonds. The zero-order valence-corrected chi connectivity index (χ0v) is 8.20. The maximum atomic E-state index is 5.46. The van der Waals surface area contributed by atoms with Crippen LogP contribution in [0.25, 0.3) is 0 Å². The first-order chi connectivity index (χ1) is 6.43. The van der Waals surface area contributed by atoms with Crippen molar-refractivity contribution in [2.24, 2.45) is 0 Å². The smallest absolute Gasteiger partial charge is 0.0887 e. The number of hydrogen-bond donors (Lipinski definition) is 0. The molecule has 2 heteroatoms. The summed E-state index contributed by atoms with van der Waals surface area (Å²) in [7, 11) is 0. The van der Waals surface area contributed by atoms with Gasteiger partial charge in [-0.25, -0.2) is 0 Å². The van der Waals surface area contributed by atoms with Gasteiger partial charge in [0.2, 0.25) is 0 Å². The van der Waals surface area contributed by atoms with Gasteiger partial charge in [-0.05, 0) is 18.6 Å². The topological polar surface area (TPSA) is 22.1 Å². The number of rotatable bonds is 6. The van der Waals surface area contributed by atoms with Crippen molar-refractivity contribution in [3.63, 3.8) is 0 Å². The van der Waals surface area contributed by atoms with Crippen LogP contribution >= 0.6 is 0 Å². The predicted octanol–water partition coefficient (Wildman–Crippen LogP) is 2.79. The molecule has 0 atom stereocenters. The summed E-state index contributed by atoms with van der Waals surface area (Å²) in [5.74, 6) is 0. The van der Waals surface area contributed by atoms with E-state index in [1.807, 2.05) is 18.2 Å². The van der Waals surface area contributed by atoms with E-state index >= 15 is 0 Å². The van der Waals surface area contributed by atoms with E-state index in [-0.39, 0.29) is 0 Å². The fourth-order valence-corrected chi connectivity index (χ4v) is 1.11. The molecule has 2 nitrogen and oxygen atoms in total. The second-order valence-corrected chi connectivity index (χ2v) is 3.08. The fourth-order valence-electron chi connectivity index (χ4n) is 1.11. The fraction of sp³-hybridized carbons (Fsp3) is 0.545. The van der Waals surface area contributed by atoms with E-state index < -0.39 is 0 Å². The third kappa shape index (κ3) is 4.63. The van der Waals surface area contributed by atoms with Crippen molar-refractivity contribution >= 4 is 0 Å². The molecule has 72 valence electrons. The Morgan fingerprint density at radius 3 is 2.92 bits per heavy atom. The molecule has 0 unspecified atom stereocenters. The maximum absolute atomic E-state index is 5.46. The Kier molecular flexibility index (Phi) is 5.18. The summed E-state index contributed by atoms with van der Waals surface area (Å²) in [6, 6.07) is 5.89. The highest BCUT2D eigenvalue weighted by Gasteiger charge is 1.92. The minimum absolute atomic E-state index is 0.643. The lowest BCUT2D eigenvalue weighted by Crippen LogP contribution is -1.96. The van der Waals surface area contributed by atoms with E-state index in [0.717, 1.165) is 18.7 Å². The highest BCUT2D eigenvalue weighted by molar-refractivity contribution is 5.01. The number of ether oxygens (including phenoxy) is 1. The largest absolute Gasteiger partial charge is 0.375 e. The van der Waals surface area contributed by atoms with Gasteiger partial charge in [0.05, 0.1) is 12.3 Å². The van der Waals surface area contributed by atoms with E-state index in [0.29, 0.717) is 6.61 Å². The standard InChI is InChI=1S/C11H17NO/c1-2-3-6-9-13-10-11-7-4-5-8-12-11/h4-5,7-8H,2-3,6,9-10H2,1H3. The molecule has 13 heavy (non-hydrogen) atoms. The summed E-state index contributed by atoms with van der Waals surface area (Å²) in [5, 5.41) is 0. The van der Waals surface area contributed by atoms with Crippen LogP contribution in [0.3, 0.4) is 0 Å². The molecule has 0 bridgehead atoms. The Hall–Kier alpha value is -0.890. The van der Waals surface area contributed by atoms with Crippen LogP contribution in [-0.4, -0.2) is 11.6 Å². The Bertz CT molecular complexity index is 211. The molecular formula is C11H17NO. The van der Waals surface area contributed by atoms with Gasteiger partial charge in [0.1, 0.15) is 0 Å². The second-order valence-electron chi connectivity index (χ2n) is 3.08. The first kappa shape index (κ1) is 10.2. The van der Waals surface area contributed by atoms with E-state index in [1.165, 1.54) is 12.8 Å². The van der Waals surface area contributed by atoms with Crippen LogP contribution in [0.5, 0.6) is 0 Å². The van der Waals surface area contributed by atoms with Crippen molar-refractivity contribution in [2.45, 2.75) is 32.8 Å². The van der Waals surface area contributed by atoms with Crippen LogP contribution in [0, 0.1) is 0 Å². The average Bonchev–Trinajstić information content (AvgIpc) is 2.19. The summed E-state index contributed by atoms with van der Waals surface area (Å²) in [6.07, 6.45) is 5.45. The lowest BCUT2D eigenvalue weighted by molar-refractivity contribution is 0.114. The molecule has 0 aliphatic heterocycles. The van der Waals surface area contributed by atoms with Crippen molar-refractivity contribution in [1.29, 1.82) is 0 Å². The van der Waals surface area contributed by atoms with E-state index in [4.69, 9.17) is 4.74 Å². The molecule has 0 spiro atoms. The lowest BCUT2D eigenvalue weighted by Gasteiger charge is -2.02. The molecule has 0 aromatic carbocycles. The number of pyridine rings is 1. The van der Waals surface area contributed by atoms with Crippen LogP contribution in [-0.2, 0) is 11.3 Å². The molecule has 0 fully saturated rings. The quantitative estimate of drug-likeness (QED) is 0.626. The highest BCUT2D eigenvalue weighted by atomic mass is 16.5. The van der Waals surface area contributed by atoms with Gasteiger partial charge in [0.15, 0.2) is 0 Å². The van der Waals surface area contributed by atoms with Gasteiger partial charge in [-0.1, -0.05) is 25.8 Å². The van der Waals surface area contributed by atoms with E-state index in [2.05, 4.69) is 11.9 Å². The molecule has 0 aliphatic carbocycles. The van der Waals surface area contributed by atoms with Crippen molar-refractivity contribution in [1.82, 2.24) is 4.98 Å². The monoisotopic (exact) mass is 179 g/mol. The molecule has 1 aromatic rings. The van der Waals surface area contributed by atoms with Gasteiger partial charge >= 0.3 is 0 Å². The zero-order valence-electron chi connectivity index (χ0n) is 8.20. The van der Waals surface area contributed by atoms with Crippen LogP contribution in [0.1, 0.15) is 31.9 Å². The number of unbranched alkanes of at least 4 members (excludes halogenated alkanes) is 2. The Labute approximate surface area is 80.0 Å². The molecule has 0 saturated carbocycles. The Morgan fingerprint density at radius 1 is 1.31 bits per heavy atom. The van der Waals surface area contributed by atoms with Crippen molar-refractivity contribution in [3.05, 3.63) is 30.1 Å². The third-order valence-corrected chi connectivity index (χ3v) is 1.87. The lowest BCUT2D eigenvalue weighted by atomic mass is 10.3. The predicted molar refractivity (Wildman–Crippen MR) is 53.4 cm³/mol. The van der Waals surface area contributed by atoms with Crippen molar-refractivity contribution in [3.8, 4) is 0 Å². The Balaban J connectivity index is 2.07. The number of nitrogens with zero attached hydrogens (tertiary/aromatic N) is 1. The summed E-state index contributed by atoms with van der Waals surface area (Å²) in [5.41, 5.74) is 1.01. The summed E-state index contributed by atoms with van der Waals surface area (Å²) in [4.78, 5) is 4.17. The van der Waals surface area contributed by atoms with Gasteiger partial charge in [-0.15, -0.1) is 0 Å². The molecule has 1 rings (SSSR count). The summed E-state index contributed by atoms with van der Waals surface area (Å²) in [6.45, 7) is 3.69. The van der Waals surface area contributed by atoms with Gasteiger partial charge < -0.3 is 4.74 Å². The number of hydrogen-bond acceptors (Lipinski definition) is 2.